The van der Waals surface area contributed by atoms with Crippen molar-refractivity contribution in [3.63, 3.8) is 0 Å². The number of carbonyl (C=O) groups excluding carboxylic acids is 1. The van der Waals surface area contributed by atoms with Crippen molar-refractivity contribution < 1.29 is 4.79 Å². The molecule has 0 atom stereocenters. The summed E-state index contributed by atoms with van der Waals surface area (Å²) in [4.78, 5) is 15.8. The Morgan fingerprint density at radius 3 is 3.10 bits per heavy atom. The van der Waals surface area contributed by atoms with Crippen LogP contribution in [0.4, 0.5) is 0 Å². The molecule has 0 saturated heterocycles. The third-order valence-corrected chi connectivity index (χ3v) is 4.89. The summed E-state index contributed by atoms with van der Waals surface area (Å²) in [6.45, 7) is 3.76. The Morgan fingerprint density at radius 1 is 1.35 bits per heavy atom. The highest BCUT2D eigenvalue weighted by atomic mass is 32.1. The number of nitrogens with zero attached hydrogens (tertiary/aromatic N) is 1. The van der Waals surface area contributed by atoms with Gasteiger partial charge in [-0.3, -0.25) is 4.79 Å². The van der Waals surface area contributed by atoms with E-state index in [1.807, 2.05) is 16.2 Å². The van der Waals surface area contributed by atoms with Crippen LogP contribution in [0.25, 0.3) is 0 Å². The second kappa shape index (κ2) is 5.80. The molecule has 2 nitrogen and oxygen atoms in total. The Labute approximate surface area is 124 Å². The Kier molecular flexibility index (Phi) is 3.88. The highest BCUT2D eigenvalue weighted by Crippen LogP contribution is 2.24. The fraction of sp³-hybridized carbons (Fsp3) is 0.353. The van der Waals surface area contributed by atoms with Gasteiger partial charge in [-0.05, 0) is 42.3 Å². The van der Waals surface area contributed by atoms with Crippen molar-refractivity contribution in [2.24, 2.45) is 0 Å². The molecule has 20 heavy (non-hydrogen) atoms. The third kappa shape index (κ3) is 2.93. The molecule has 0 N–H and O–H groups in total. The topological polar surface area (TPSA) is 20.3 Å². The van der Waals surface area contributed by atoms with Crippen molar-refractivity contribution in [2.45, 2.75) is 32.7 Å². The monoisotopic (exact) mass is 285 g/mol. The first-order chi connectivity index (χ1) is 9.72. The van der Waals surface area contributed by atoms with Crippen molar-refractivity contribution in [3.8, 4) is 0 Å². The Balaban J connectivity index is 1.58. The summed E-state index contributed by atoms with van der Waals surface area (Å²) in [5.74, 6) is 0.281. The van der Waals surface area contributed by atoms with Gasteiger partial charge in [0.15, 0.2) is 0 Å². The van der Waals surface area contributed by atoms with Crippen LogP contribution < -0.4 is 0 Å². The van der Waals surface area contributed by atoms with E-state index in [1.54, 1.807) is 0 Å². The molecular formula is C17H19NOS. The van der Waals surface area contributed by atoms with Gasteiger partial charge in [0.25, 0.3) is 0 Å². The zero-order valence-corrected chi connectivity index (χ0v) is 12.6. The molecule has 0 fully saturated rings. The first kappa shape index (κ1) is 13.4. The summed E-state index contributed by atoms with van der Waals surface area (Å²) in [6.07, 6.45) is 2.47. The number of fused-ring (bicyclic) bond motifs is 1. The van der Waals surface area contributed by atoms with E-state index in [-0.39, 0.29) is 5.91 Å². The lowest BCUT2D eigenvalue weighted by molar-refractivity contribution is -0.132. The van der Waals surface area contributed by atoms with Crippen LogP contribution in [0.15, 0.2) is 35.7 Å². The predicted octanol–water partition coefficient (Wildman–Crippen LogP) is 3.57. The van der Waals surface area contributed by atoms with Gasteiger partial charge in [-0.15, -0.1) is 11.3 Å². The van der Waals surface area contributed by atoms with E-state index in [4.69, 9.17) is 0 Å². The average molecular weight is 285 g/mol. The van der Waals surface area contributed by atoms with Crippen LogP contribution in [-0.4, -0.2) is 17.4 Å². The highest BCUT2D eigenvalue weighted by molar-refractivity contribution is 7.10. The molecule has 1 aliphatic heterocycles. The molecule has 3 rings (SSSR count). The lowest BCUT2D eigenvalue weighted by atomic mass is 10.1. The quantitative estimate of drug-likeness (QED) is 0.844. The standard InChI is InChI=1S/C17H19NOS/c1-13-3-2-4-14(11-13)5-6-17(19)18-9-7-16-15(12-18)8-10-20-16/h2-4,8,10-11H,5-7,9,12H2,1H3. The van der Waals surface area contributed by atoms with Crippen LogP contribution in [0.1, 0.15) is 28.0 Å². The second-order valence-electron chi connectivity index (χ2n) is 5.42. The molecule has 0 saturated carbocycles. The SMILES string of the molecule is Cc1cccc(CCC(=O)N2CCc3sccc3C2)c1. The van der Waals surface area contributed by atoms with Crippen molar-refractivity contribution in [1.82, 2.24) is 4.90 Å². The highest BCUT2D eigenvalue weighted by Gasteiger charge is 2.20. The first-order valence-electron chi connectivity index (χ1n) is 7.11. The second-order valence-corrected chi connectivity index (χ2v) is 6.42. The zero-order chi connectivity index (χ0) is 13.9. The molecule has 1 aromatic carbocycles. The average Bonchev–Trinajstić information content (AvgIpc) is 2.92. The summed E-state index contributed by atoms with van der Waals surface area (Å²) in [5.41, 5.74) is 3.85. The van der Waals surface area contributed by atoms with Crippen molar-refractivity contribution in [1.29, 1.82) is 0 Å². The van der Waals surface area contributed by atoms with Gasteiger partial charge in [0, 0.05) is 24.4 Å². The maximum absolute atomic E-state index is 12.3. The van der Waals surface area contributed by atoms with Crippen LogP contribution in [0.5, 0.6) is 0 Å². The van der Waals surface area contributed by atoms with Gasteiger partial charge in [0.2, 0.25) is 5.91 Å². The van der Waals surface area contributed by atoms with Crippen molar-refractivity contribution in [2.75, 3.05) is 6.54 Å². The summed E-state index contributed by atoms with van der Waals surface area (Å²) < 4.78 is 0. The van der Waals surface area contributed by atoms with Gasteiger partial charge in [-0.2, -0.15) is 0 Å². The van der Waals surface area contributed by atoms with Gasteiger partial charge in [0.1, 0.15) is 0 Å². The van der Waals surface area contributed by atoms with Crippen LogP contribution in [-0.2, 0) is 24.2 Å². The number of thiophene rings is 1. The van der Waals surface area contributed by atoms with Crippen LogP contribution >= 0.6 is 11.3 Å². The van der Waals surface area contributed by atoms with E-state index in [0.717, 1.165) is 25.9 Å². The lowest BCUT2D eigenvalue weighted by Gasteiger charge is -2.27. The van der Waals surface area contributed by atoms with E-state index >= 15 is 0 Å². The van der Waals surface area contributed by atoms with Crippen LogP contribution in [0.3, 0.4) is 0 Å². The predicted molar refractivity (Wildman–Crippen MR) is 82.9 cm³/mol. The molecule has 0 radical (unpaired) electrons. The molecule has 0 aliphatic carbocycles. The fourth-order valence-corrected chi connectivity index (χ4v) is 3.63. The molecule has 3 heteroatoms. The maximum atomic E-state index is 12.3. The van der Waals surface area contributed by atoms with E-state index < -0.39 is 0 Å². The number of benzene rings is 1. The van der Waals surface area contributed by atoms with Gasteiger partial charge >= 0.3 is 0 Å². The van der Waals surface area contributed by atoms with Crippen LogP contribution in [0, 0.1) is 6.92 Å². The van der Waals surface area contributed by atoms with Crippen molar-refractivity contribution >= 4 is 17.2 Å². The number of aryl methyl sites for hydroxylation is 2. The normalized spacial score (nSPS) is 14.2. The van der Waals surface area contributed by atoms with E-state index in [1.165, 1.54) is 21.6 Å². The first-order valence-corrected chi connectivity index (χ1v) is 7.99. The minimum atomic E-state index is 0.281. The Hall–Kier alpha value is -1.61. The lowest BCUT2D eigenvalue weighted by Crippen LogP contribution is -2.35. The largest absolute Gasteiger partial charge is 0.338 e. The summed E-state index contributed by atoms with van der Waals surface area (Å²) in [7, 11) is 0. The molecule has 2 aromatic rings. The van der Waals surface area contributed by atoms with Crippen LogP contribution in [0.2, 0.25) is 0 Å². The number of hydrogen-bond acceptors (Lipinski definition) is 2. The Morgan fingerprint density at radius 2 is 2.25 bits per heavy atom. The van der Waals surface area contributed by atoms with E-state index in [0.29, 0.717) is 6.42 Å². The molecule has 0 unspecified atom stereocenters. The smallest absolute Gasteiger partial charge is 0.223 e. The van der Waals surface area contributed by atoms with Crippen molar-refractivity contribution in [3.05, 3.63) is 57.3 Å². The summed E-state index contributed by atoms with van der Waals surface area (Å²) >= 11 is 1.81. The molecule has 0 spiro atoms. The number of rotatable bonds is 3. The number of carbonyl (C=O) groups is 1. The molecule has 1 aromatic heterocycles. The maximum Gasteiger partial charge on any atom is 0.223 e. The zero-order valence-electron chi connectivity index (χ0n) is 11.8. The fourth-order valence-electron chi connectivity index (χ4n) is 2.74. The molecule has 0 bridgehead atoms. The third-order valence-electron chi connectivity index (χ3n) is 3.87. The minimum Gasteiger partial charge on any atom is -0.338 e. The van der Waals surface area contributed by atoms with Gasteiger partial charge in [-0.1, -0.05) is 29.8 Å². The van der Waals surface area contributed by atoms with E-state index in [2.05, 4.69) is 42.6 Å². The molecular weight excluding hydrogens is 266 g/mol. The van der Waals surface area contributed by atoms with Gasteiger partial charge < -0.3 is 4.90 Å². The van der Waals surface area contributed by atoms with Gasteiger partial charge in [0.05, 0.1) is 0 Å². The summed E-state index contributed by atoms with van der Waals surface area (Å²) in [5, 5.41) is 2.13. The molecule has 104 valence electrons. The molecule has 2 heterocycles. The Bertz CT molecular complexity index is 617. The van der Waals surface area contributed by atoms with E-state index in [9.17, 15) is 4.79 Å². The summed E-state index contributed by atoms with van der Waals surface area (Å²) in [6, 6.07) is 10.6. The minimum absolute atomic E-state index is 0.281. The molecule has 1 amide bonds. The number of amides is 1. The molecule has 1 aliphatic rings. The number of hydrogen-bond donors (Lipinski definition) is 0. The van der Waals surface area contributed by atoms with Gasteiger partial charge in [-0.25, -0.2) is 0 Å².